The van der Waals surface area contributed by atoms with E-state index in [2.05, 4.69) is 43.8 Å². The summed E-state index contributed by atoms with van der Waals surface area (Å²) in [5.74, 6) is 1.55. The van der Waals surface area contributed by atoms with Gasteiger partial charge in [0, 0.05) is 40.9 Å². The van der Waals surface area contributed by atoms with Crippen LogP contribution in [0.3, 0.4) is 0 Å². The van der Waals surface area contributed by atoms with Crippen LogP contribution >= 0.6 is 0 Å². The zero-order valence-electron chi connectivity index (χ0n) is 18.7. The van der Waals surface area contributed by atoms with Gasteiger partial charge in [0.05, 0.1) is 43.3 Å². The van der Waals surface area contributed by atoms with E-state index in [1.807, 2.05) is 12.4 Å². The van der Waals surface area contributed by atoms with Crippen molar-refractivity contribution in [3.05, 3.63) is 30.4 Å². The fourth-order valence-electron chi connectivity index (χ4n) is 5.17. The second kappa shape index (κ2) is 8.15. The Bertz CT molecular complexity index is 1090. The van der Waals surface area contributed by atoms with Crippen LogP contribution in [0.2, 0.25) is 0 Å². The normalized spacial score (nSPS) is 25.4. The number of aliphatic hydroxyl groups is 1. The highest BCUT2D eigenvalue weighted by atomic mass is 16.5. The zero-order valence-corrected chi connectivity index (χ0v) is 18.7. The summed E-state index contributed by atoms with van der Waals surface area (Å²) in [5, 5.41) is 23.1. The molecule has 2 N–H and O–H groups in total. The number of hydrogen-bond donors (Lipinski definition) is 2. The van der Waals surface area contributed by atoms with Gasteiger partial charge in [-0.05, 0) is 57.9 Å². The van der Waals surface area contributed by atoms with Gasteiger partial charge in [-0.25, -0.2) is 9.50 Å². The van der Waals surface area contributed by atoms with E-state index in [0.717, 1.165) is 55.5 Å². The molecule has 4 heterocycles. The molecule has 8 nitrogen and oxygen atoms in total. The largest absolute Gasteiger partial charge is 0.393 e. The van der Waals surface area contributed by atoms with Crippen LogP contribution in [-0.2, 0) is 4.74 Å². The molecule has 0 unspecified atom stereocenters. The van der Waals surface area contributed by atoms with Crippen molar-refractivity contribution >= 4 is 11.5 Å². The molecule has 2 aliphatic carbocycles. The molecule has 0 radical (unpaired) electrons. The van der Waals surface area contributed by atoms with E-state index in [-0.39, 0.29) is 12.1 Å². The summed E-state index contributed by atoms with van der Waals surface area (Å²) in [6, 6.07) is 3.09. The van der Waals surface area contributed by atoms with Crippen LogP contribution in [0.15, 0.2) is 24.7 Å². The lowest BCUT2D eigenvalue weighted by atomic mass is 9.85. The quantitative estimate of drug-likeness (QED) is 0.611. The van der Waals surface area contributed by atoms with Crippen molar-refractivity contribution in [2.24, 2.45) is 5.92 Å². The first-order chi connectivity index (χ1) is 15.7. The Morgan fingerprint density at radius 1 is 1.12 bits per heavy atom. The van der Waals surface area contributed by atoms with E-state index in [9.17, 15) is 5.11 Å². The maximum atomic E-state index is 10.0. The van der Waals surface area contributed by atoms with E-state index in [0.29, 0.717) is 23.8 Å². The lowest BCUT2D eigenvalue weighted by Gasteiger charge is -2.31. The summed E-state index contributed by atoms with van der Waals surface area (Å²) < 4.78 is 9.54. The molecule has 3 fully saturated rings. The Kier molecular flexibility index (Phi) is 5.14. The number of fused-ring (bicyclic) bond motifs is 1. The molecule has 32 heavy (non-hydrogen) atoms. The summed E-state index contributed by atoms with van der Waals surface area (Å²) in [6.07, 6.45) is 13.3. The molecular formula is C24H32N6O2. The standard InChI is InChI=1S/C24H32N6O2/c1-15(18-13-32-14-18)27-24-25-11-23-21(17-10-26-29(12-17)19-3-2-4-19)9-22(30(23)28-24)16-5-7-20(31)8-6-16/h9-12,15-16,18-20,31H,2-8,13-14H2,1H3,(H,27,28)/t15-,16?,20?/m0/s1. The summed E-state index contributed by atoms with van der Waals surface area (Å²) in [4.78, 5) is 4.66. The average molecular weight is 437 g/mol. The fraction of sp³-hybridized carbons (Fsp3) is 0.625. The van der Waals surface area contributed by atoms with E-state index >= 15 is 0 Å². The van der Waals surface area contributed by atoms with Gasteiger partial charge in [-0.2, -0.15) is 5.10 Å². The molecule has 0 bridgehead atoms. The predicted molar refractivity (Wildman–Crippen MR) is 122 cm³/mol. The van der Waals surface area contributed by atoms with Gasteiger partial charge in [-0.15, -0.1) is 5.10 Å². The SMILES string of the molecule is C[C@H](Nc1ncc2c(-c3cnn(C4CCC4)c3)cc(C3CCC(O)CC3)n2n1)C1COC1. The van der Waals surface area contributed by atoms with E-state index < -0.39 is 0 Å². The average Bonchev–Trinajstić information content (AvgIpc) is 3.31. The topological polar surface area (TPSA) is 89.5 Å². The first-order valence-electron chi connectivity index (χ1n) is 12.1. The third-order valence-electron chi connectivity index (χ3n) is 7.75. The first-order valence-corrected chi connectivity index (χ1v) is 12.1. The lowest BCUT2D eigenvalue weighted by molar-refractivity contribution is -0.0380. The van der Waals surface area contributed by atoms with Crippen molar-refractivity contribution in [1.29, 1.82) is 0 Å². The van der Waals surface area contributed by atoms with Gasteiger partial charge >= 0.3 is 0 Å². The Balaban J connectivity index is 1.37. The summed E-state index contributed by atoms with van der Waals surface area (Å²) >= 11 is 0. The van der Waals surface area contributed by atoms with Crippen molar-refractivity contribution in [1.82, 2.24) is 24.4 Å². The number of rotatable bonds is 6. The van der Waals surface area contributed by atoms with Crippen molar-refractivity contribution in [3.8, 4) is 11.1 Å². The van der Waals surface area contributed by atoms with Crippen LogP contribution in [0.5, 0.6) is 0 Å². The lowest BCUT2D eigenvalue weighted by Crippen LogP contribution is -2.40. The summed E-state index contributed by atoms with van der Waals surface area (Å²) in [5.41, 5.74) is 4.50. The number of anilines is 1. The molecule has 1 atom stereocenters. The zero-order chi connectivity index (χ0) is 21.7. The monoisotopic (exact) mass is 436 g/mol. The van der Waals surface area contributed by atoms with Gasteiger partial charge < -0.3 is 15.2 Å². The number of aromatic nitrogens is 5. The van der Waals surface area contributed by atoms with Crippen LogP contribution in [-0.4, -0.2) is 54.8 Å². The van der Waals surface area contributed by atoms with Gasteiger partial charge in [-0.1, -0.05) is 0 Å². The van der Waals surface area contributed by atoms with Crippen molar-refractivity contribution in [3.63, 3.8) is 0 Å². The van der Waals surface area contributed by atoms with Gasteiger partial charge in [0.15, 0.2) is 0 Å². The molecule has 3 aliphatic rings. The highest BCUT2D eigenvalue weighted by molar-refractivity contribution is 5.81. The summed E-state index contributed by atoms with van der Waals surface area (Å²) in [6.45, 7) is 3.76. The maximum absolute atomic E-state index is 10.0. The third-order valence-corrected chi connectivity index (χ3v) is 7.75. The predicted octanol–water partition coefficient (Wildman–Crippen LogP) is 3.78. The number of aliphatic hydroxyl groups excluding tert-OH is 1. The Hall–Kier alpha value is -2.45. The second-order valence-electron chi connectivity index (χ2n) is 9.89. The van der Waals surface area contributed by atoms with Crippen molar-refractivity contribution in [2.75, 3.05) is 18.5 Å². The molecule has 2 saturated carbocycles. The molecule has 8 heteroatoms. The summed E-state index contributed by atoms with van der Waals surface area (Å²) in [7, 11) is 0. The van der Waals surface area contributed by atoms with Crippen LogP contribution in [0.4, 0.5) is 5.95 Å². The molecule has 0 aromatic carbocycles. The Labute approximate surface area is 188 Å². The molecule has 1 aliphatic heterocycles. The number of hydrogen-bond acceptors (Lipinski definition) is 6. The molecule has 0 amide bonds. The highest BCUT2D eigenvalue weighted by Crippen LogP contribution is 2.38. The van der Waals surface area contributed by atoms with Gasteiger partial charge in [0.25, 0.3) is 0 Å². The molecule has 0 spiro atoms. The van der Waals surface area contributed by atoms with Crippen LogP contribution in [0, 0.1) is 5.92 Å². The smallest absolute Gasteiger partial charge is 0.241 e. The van der Waals surface area contributed by atoms with Gasteiger partial charge in [0.2, 0.25) is 5.95 Å². The molecule has 3 aromatic heterocycles. The minimum absolute atomic E-state index is 0.171. The Morgan fingerprint density at radius 3 is 2.62 bits per heavy atom. The number of ether oxygens (including phenoxy) is 1. The number of nitrogens with zero attached hydrogens (tertiary/aromatic N) is 5. The minimum Gasteiger partial charge on any atom is -0.393 e. The number of nitrogens with one attached hydrogen (secondary N) is 1. The van der Waals surface area contributed by atoms with Crippen molar-refractivity contribution in [2.45, 2.75) is 76.0 Å². The second-order valence-corrected chi connectivity index (χ2v) is 9.89. The van der Waals surface area contributed by atoms with E-state index in [4.69, 9.17) is 9.84 Å². The van der Waals surface area contributed by atoms with Crippen LogP contribution < -0.4 is 5.32 Å². The first kappa shape index (κ1) is 20.2. The molecule has 1 saturated heterocycles. The molecule has 6 rings (SSSR count). The van der Waals surface area contributed by atoms with E-state index in [1.54, 1.807) is 0 Å². The van der Waals surface area contributed by atoms with Crippen molar-refractivity contribution < 1.29 is 9.84 Å². The van der Waals surface area contributed by atoms with Gasteiger partial charge in [-0.3, -0.25) is 4.68 Å². The molecular weight excluding hydrogens is 404 g/mol. The van der Waals surface area contributed by atoms with Gasteiger partial charge in [0.1, 0.15) is 0 Å². The Morgan fingerprint density at radius 2 is 1.94 bits per heavy atom. The van der Waals surface area contributed by atoms with E-state index in [1.165, 1.54) is 25.0 Å². The highest BCUT2D eigenvalue weighted by Gasteiger charge is 2.28. The van der Waals surface area contributed by atoms with Crippen LogP contribution in [0.1, 0.15) is 69.5 Å². The third kappa shape index (κ3) is 3.59. The fourth-order valence-corrected chi connectivity index (χ4v) is 5.17. The minimum atomic E-state index is -0.171. The van der Waals surface area contributed by atoms with Crippen LogP contribution in [0.25, 0.3) is 16.6 Å². The molecule has 170 valence electrons. The maximum Gasteiger partial charge on any atom is 0.241 e. The molecule has 3 aromatic rings.